The lowest BCUT2D eigenvalue weighted by atomic mass is 10.0. The number of nitrogens with one attached hydrogen (secondary N) is 1. The Morgan fingerprint density at radius 1 is 1.07 bits per heavy atom. The van der Waals surface area contributed by atoms with E-state index in [2.05, 4.69) is 44.0 Å². The molecule has 2 heterocycles. The van der Waals surface area contributed by atoms with E-state index in [9.17, 15) is 4.39 Å². The number of imidazole rings is 1. The Kier molecular flexibility index (Phi) is 6.61. The number of halogens is 2. The Morgan fingerprint density at radius 2 is 1.93 bits per heavy atom. The number of rotatable bonds is 5. The van der Waals surface area contributed by atoms with Gasteiger partial charge in [0.1, 0.15) is 11.6 Å². The molecule has 1 atom stereocenters. The predicted octanol–water partition coefficient (Wildman–Crippen LogP) is 3.64. The van der Waals surface area contributed by atoms with Gasteiger partial charge in [-0.25, -0.2) is 9.37 Å². The summed E-state index contributed by atoms with van der Waals surface area (Å²) >= 11 is 0. The van der Waals surface area contributed by atoms with E-state index in [0.29, 0.717) is 0 Å². The highest BCUT2D eigenvalue weighted by Crippen LogP contribution is 2.24. The number of hydrogen-bond acceptors (Lipinski definition) is 3. The molecule has 1 aliphatic rings. The molecule has 1 saturated heterocycles. The molecule has 6 heteroatoms. The van der Waals surface area contributed by atoms with E-state index in [-0.39, 0.29) is 24.3 Å². The molecule has 1 aliphatic heterocycles. The van der Waals surface area contributed by atoms with Crippen LogP contribution in [0.4, 0.5) is 4.39 Å². The predicted molar refractivity (Wildman–Crippen MR) is 107 cm³/mol. The molecule has 1 aromatic heterocycles. The number of benzene rings is 2. The van der Waals surface area contributed by atoms with E-state index in [1.807, 2.05) is 24.5 Å². The molecule has 3 aromatic rings. The minimum absolute atomic E-state index is 0. The Balaban J connectivity index is 0.00000210. The minimum Gasteiger partial charge on any atom is -0.329 e. The highest BCUT2D eigenvalue weighted by molar-refractivity contribution is 5.85. The second-order valence-electron chi connectivity index (χ2n) is 6.70. The lowest BCUT2D eigenvalue weighted by Gasteiger charge is -2.36. The molecule has 142 valence electrons. The second kappa shape index (κ2) is 9.13. The van der Waals surface area contributed by atoms with Gasteiger partial charge in [0, 0.05) is 44.6 Å². The van der Waals surface area contributed by atoms with Crippen LogP contribution >= 0.6 is 12.4 Å². The van der Waals surface area contributed by atoms with E-state index < -0.39 is 0 Å². The van der Waals surface area contributed by atoms with Crippen LogP contribution in [0.3, 0.4) is 0 Å². The maximum atomic E-state index is 13.7. The maximum absolute atomic E-state index is 13.7. The number of aromatic nitrogens is 2. The summed E-state index contributed by atoms with van der Waals surface area (Å²) < 4.78 is 15.9. The summed E-state index contributed by atoms with van der Waals surface area (Å²) in [7, 11) is 0. The molecule has 2 aromatic carbocycles. The molecular weight excluding hydrogens is 363 g/mol. The third kappa shape index (κ3) is 4.75. The van der Waals surface area contributed by atoms with Gasteiger partial charge in [-0.15, -0.1) is 12.4 Å². The first-order valence-corrected chi connectivity index (χ1v) is 9.04. The number of hydrogen-bond donors (Lipinski definition) is 1. The molecule has 1 fully saturated rings. The van der Waals surface area contributed by atoms with Crippen molar-refractivity contribution < 1.29 is 4.39 Å². The smallest absolute Gasteiger partial charge is 0.123 e. The van der Waals surface area contributed by atoms with Crippen molar-refractivity contribution >= 4 is 12.4 Å². The van der Waals surface area contributed by atoms with E-state index >= 15 is 0 Å². The van der Waals surface area contributed by atoms with E-state index in [0.717, 1.165) is 44.1 Å². The van der Waals surface area contributed by atoms with Crippen molar-refractivity contribution in [2.45, 2.75) is 19.1 Å². The first-order valence-electron chi connectivity index (χ1n) is 9.04. The van der Waals surface area contributed by atoms with E-state index in [1.165, 1.54) is 11.6 Å². The molecule has 0 bridgehead atoms. The average molecular weight is 387 g/mol. The third-order valence-corrected chi connectivity index (χ3v) is 4.93. The van der Waals surface area contributed by atoms with Crippen LogP contribution in [-0.4, -0.2) is 34.1 Å². The van der Waals surface area contributed by atoms with Gasteiger partial charge in [-0.2, -0.15) is 0 Å². The van der Waals surface area contributed by atoms with Gasteiger partial charge in [0.05, 0.1) is 6.54 Å². The molecule has 0 spiro atoms. The lowest BCUT2D eigenvalue weighted by Crippen LogP contribution is -2.45. The fourth-order valence-corrected chi connectivity index (χ4v) is 3.58. The highest BCUT2D eigenvalue weighted by Gasteiger charge is 2.25. The van der Waals surface area contributed by atoms with E-state index in [4.69, 9.17) is 0 Å². The van der Waals surface area contributed by atoms with Crippen molar-refractivity contribution in [3.8, 4) is 0 Å². The topological polar surface area (TPSA) is 33.1 Å². The van der Waals surface area contributed by atoms with Crippen LogP contribution in [0, 0.1) is 5.82 Å². The summed E-state index contributed by atoms with van der Waals surface area (Å²) in [6.07, 6.45) is 3.89. The fraction of sp³-hybridized carbons (Fsp3) is 0.286. The molecule has 0 aliphatic carbocycles. The summed E-state index contributed by atoms with van der Waals surface area (Å²) in [6, 6.07) is 17.5. The Hall–Kier alpha value is -2.21. The number of nitrogens with zero attached hydrogens (tertiary/aromatic N) is 3. The zero-order chi connectivity index (χ0) is 17.8. The van der Waals surface area contributed by atoms with Crippen molar-refractivity contribution in [1.29, 1.82) is 0 Å². The van der Waals surface area contributed by atoms with Crippen LogP contribution in [0.15, 0.2) is 67.0 Å². The number of piperazine rings is 1. The third-order valence-electron chi connectivity index (χ3n) is 4.93. The normalized spacial score (nSPS) is 17.4. The molecule has 0 saturated carbocycles. The van der Waals surface area contributed by atoms with Gasteiger partial charge >= 0.3 is 0 Å². The Labute approximate surface area is 165 Å². The summed E-state index contributed by atoms with van der Waals surface area (Å²) in [5, 5.41) is 3.43. The largest absolute Gasteiger partial charge is 0.329 e. The Bertz CT molecular complexity index is 852. The van der Waals surface area contributed by atoms with Crippen LogP contribution in [0.5, 0.6) is 0 Å². The molecule has 27 heavy (non-hydrogen) atoms. The SMILES string of the molecule is Cl.Fc1cccc(C2CNCCN2Cc2nccn2Cc2ccccc2)c1. The monoisotopic (exact) mass is 386 g/mol. The van der Waals surface area contributed by atoms with Gasteiger partial charge in [-0.1, -0.05) is 42.5 Å². The summed E-state index contributed by atoms with van der Waals surface area (Å²) in [5.74, 6) is 0.857. The maximum Gasteiger partial charge on any atom is 0.123 e. The Morgan fingerprint density at radius 3 is 2.74 bits per heavy atom. The lowest BCUT2D eigenvalue weighted by molar-refractivity contribution is 0.148. The fourth-order valence-electron chi connectivity index (χ4n) is 3.58. The van der Waals surface area contributed by atoms with Crippen molar-refractivity contribution in [1.82, 2.24) is 19.8 Å². The first-order chi connectivity index (χ1) is 12.8. The van der Waals surface area contributed by atoms with Gasteiger partial charge in [-0.05, 0) is 23.3 Å². The van der Waals surface area contributed by atoms with Crippen LogP contribution in [0.2, 0.25) is 0 Å². The quantitative estimate of drug-likeness (QED) is 0.726. The van der Waals surface area contributed by atoms with Crippen LogP contribution in [0.25, 0.3) is 0 Å². The van der Waals surface area contributed by atoms with Crippen LogP contribution in [-0.2, 0) is 13.1 Å². The van der Waals surface area contributed by atoms with Crippen molar-refractivity contribution in [2.75, 3.05) is 19.6 Å². The standard InChI is InChI=1S/C21H23FN4.ClH/c22-19-8-4-7-18(13-19)20-14-23-9-11-25(20)16-21-24-10-12-26(21)15-17-5-2-1-3-6-17;/h1-8,10,12-13,20,23H,9,11,14-16H2;1H. The van der Waals surface area contributed by atoms with Crippen LogP contribution < -0.4 is 5.32 Å². The minimum atomic E-state index is -0.182. The summed E-state index contributed by atoms with van der Waals surface area (Å²) in [5.41, 5.74) is 2.27. The highest BCUT2D eigenvalue weighted by atomic mass is 35.5. The van der Waals surface area contributed by atoms with Gasteiger partial charge in [0.15, 0.2) is 0 Å². The molecule has 1 unspecified atom stereocenters. The molecule has 0 amide bonds. The van der Waals surface area contributed by atoms with Gasteiger partial charge < -0.3 is 9.88 Å². The van der Waals surface area contributed by atoms with E-state index in [1.54, 1.807) is 12.1 Å². The molecule has 1 N–H and O–H groups in total. The van der Waals surface area contributed by atoms with Crippen molar-refractivity contribution in [3.05, 3.63) is 89.8 Å². The average Bonchev–Trinajstić information content (AvgIpc) is 3.10. The summed E-state index contributed by atoms with van der Waals surface area (Å²) in [4.78, 5) is 6.96. The molecule has 4 rings (SSSR count). The van der Waals surface area contributed by atoms with Gasteiger partial charge in [-0.3, -0.25) is 4.90 Å². The van der Waals surface area contributed by atoms with Gasteiger partial charge in [0.25, 0.3) is 0 Å². The zero-order valence-corrected chi connectivity index (χ0v) is 15.9. The van der Waals surface area contributed by atoms with Crippen molar-refractivity contribution in [2.24, 2.45) is 0 Å². The van der Waals surface area contributed by atoms with Crippen molar-refractivity contribution in [3.63, 3.8) is 0 Å². The second-order valence-corrected chi connectivity index (χ2v) is 6.70. The van der Waals surface area contributed by atoms with Gasteiger partial charge in [0.2, 0.25) is 0 Å². The molecular formula is C21H24ClFN4. The zero-order valence-electron chi connectivity index (χ0n) is 15.1. The van der Waals surface area contributed by atoms with Crippen LogP contribution in [0.1, 0.15) is 23.0 Å². The molecule has 0 radical (unpaired) electrons. The summed E-state index contributed by atoms with van der Waals surface area (Å²) in [6.45, 7) is 4.24. The first kappa shape index (κ1) is 19.5. The molecule has 4 nitrogen and oxygen atoms in total.